The summed E-state index contributed by atoms with van der Waals surface area (Å²) in [5.74, 6) is 0.757. The first-order valence-corrected chi connectivity index (χ1v) is 11.0. The zero-order valence-electron chi connectivity index (χ0n) is 17.1. The highest BCUT2D eigenvalue weighted by molar-refractivity contribution is 14.0. The molecule has 28 heavy (non-hydrogen) atoms. The molecule has 0 aliphatic carbocycles. The Hall–Kier alpha value is -0.940. The molecule has 9 heteroatoms. The molecular formula is C19H35IN6OS. The van der Waals surface area contributed by atoms with Crippen molar-refractivity contribution in [3.8, 4) is 0 Å². The smallest absolute Gasteiger partial charge is 0.263 e. The number of aryl methyl sites for hydroxylation is 1. The number of aromatic nitrogens is 1. The van der Waals surface area contributed by atoms with Crippen LogP contribution in [0.15, 0.2) is 10.5 Å². The van der Waals surface area contributed by atoms with E-state index in [4.69, 9.17) is 0 Å². The number of hydrogen-bond acceptors (Lipinski definition) is 5. The van der Waals surface area contributed by atoms with E-state index in [0.29, 0.717) is 18.0 Å². The number of likely N-dealkylation sites (tertiary alicyclic amines) is 1. The molecule has 0 radical (unpaired) electrons. The summed E-state index contributed by atoms with van der Waals surface area (Å²) in [7, 11) is 0. The molecule has 0 unspecified atom stereocenters. The van der Waals surface area contributed by atoms with Gasteiger partial charge in [-0.1, -0.05) is 12.8 Å². The van der Waals surface area contributed by atoms with E-state index in [2.05, 4.69) is 37.8 Å². The maximum atomic E-state index is 12.1. The first kappa shape index (κ1) is 25.1. The number of carbonyl (C=O) groups excluding carboxylic acids is 1. The second kappa shape index (κ2) is 15.0. The van der Waals surface area contributed by atoms with E-state index in [0.717, 1.165) is 37.7 Å². The molecule has 1 fully saturated rings. The topological polar surface area (TPSA) is 81.7 Å². The summed E-state index contributed by atoms with van der Waals surface area (Å²) in [4.78, 5) is 24.1. The maximum absolute atomic E-state index is 12.1. The Bertz CT molecular complexity index is 587. The van der Waals surface area contributed by atoms with Crippen molar-refractivity contribution in [1.82, 2.24) is 25.8 Å². The van der Waals surface area contributed by atoms with Crippen molar-refractivity contribution in [3.05, 3.63) is 16.1 Å². The first-order valence-electron chi connectivity index (χ1n) is 10.1. The minimum atomic E-state index is -0.0591. The summed E-state index contributed by atoms with van der Waals surface area (Å²) in [6.45, 7) is 10.3. The average Bonchev–Trinajstić information content (AvgIpc) is 2.93. The molecule has 1 amide bonds. The third-order valence-corrected chi connectivity index (χ3v) is 5.53. The number of thiazole rings is 1. The molecule has 2 heterocycles. The van der Waals surface area contributed by atoms with Gasteiger partial charge >= 0.3 is 0 Å². The molecule has 1 aromatic heterocycles. The maximum Gasteiger partial charge on any atom is 0.263 e. The lowest BCUT2D eigenvalue weighted by molar-refractivity contribution is 0.0957. The van der Waals surface area contributed by atoms with Crippen molar-refractivity contribution in [2.45, 2.75) is 46.0 Å². The molecule has 0 spiro atoms. The number of carbonyl (C=O) groups is 1. The van der Waals surface area contributed by atoms with Crippen molar-refractivity contribution in [2.24, 2.45) is 4.99 Å². The van der Waals surface area contributed by atoms with E-state index < -0.39 is 0 Å². The standard InChI is InChI=1S/C19H34N6OS.HI/c1-3-20-19(22-9-8-14-25-12-6-4-5-7-13-25)23-11-10-21-18(26)17-16(2)24-15-27-17;/h15H,3-14H2,1-2H3,(H,21,26)(H2,20,22,23);1H. The van der Waals surface area contributed by atoms with Crippen molar-refractivity contribution < 1.29 is 4.79 Å². The fraction of sp³-hybridized carbons (Fsp3) is 0.737. The molecule has 0 aromatic carbocycles. The number of rotatable bonds is 9. The second-order valence-electron chi connectivity index (χ2n) is 6.82. The van der Waals surface area contributed by atoms with Gasteiger partial charge in [0.15, 0.2) is 5.96 Å². The van der Waals surface area contributed by atoms with E-state index in [1.807, 2.05) is 6.92 Å². The Morgan fingerprint density at radius 3 is 2.54 bits per heavy atom. The van der Waals surface area contributed by atoms with E-state index in [1.54, 1.807) is 5.51 Å². The van der Waals surface area contributed by atoms with Crippen LogP contribution in [0.5, 0.6) is 0 Å². The summed E-state index contributed by atoms with van der Waals surface area (Å²) in [6, 6.07) is 0. The largest absolute Gasteiger partial charge is 0.357 e. The average molecular weight is 523 g/mol. The van der Waals surface area contributed by atoms with E-state index in [-0.39, 0.29) is 29.9 Å². The van der Waals surface area contributed by atoms with Gasteiger partial charge in [-0.15, -0.1) is 35.3 Å². The van der Waals surface area contributed by atoms with Gasteiger partial charge in [-0.05, 0) is 52.7 Å². The first-order chi connectivity index (χ1) is 13.2. The summed E-state index contributed by atoms with van der Waals surface area (Å²) >= 11 is 1.37. The Labute approximate surface area is 190 Å². The van der Waals surface area contributed by atoms with E-state index >= 15 is 0 Å². The second-order valence-corrected chi connectivity index (χ2v) is 7.67. The van der Waals surface area contributed by atoms with Crippen molar-refractivity contribution in [3.63, 3.8) is 0 Å². The molecule has 3 N–H and O–H groups in total. The van der Waals surface area contributed by atoms with Gasteiger partial charge < -0.3 is 20.9 Å². The summed E-state index contributed by atoms with van der Waals surface area (Å²) in [6.07, 6.45) is 6.50. The minimum absolute atomic E-state index is 0. The van der Waals surface area contributed by atoms with Gasteiger partial charge in [0, 0.05) is 26.2 Å². The molecule has 1 saturated heterocycles. The highest BCUT2D eigenvalue weighted by atomic mass is 127. The fourth-order valence-corrected chi connectivity index (χ4v) is 3.86. The lowest BCUT2D eigenvalue weighted by atomic mass is 10.2. The van der Waals surface area contributed by atoms with Crippen LogP contribution in [0.4, 0.5) is 0 Å². The molecule has 2 rings (SSSR count). The molecule has 0 atom stereocenters. The normalized spacial score (nSPS) is 15.4. The highest BCUT2D eigenvalue weighted by Crippen LogP contribution is 2.11. The van der Waals surface area contributed by atoms with Crippen LogP contribution < -0.4 is 16.0 Å². The monoisotopic (exact) mass is 522 g/mol. The van der Waals surface area contributed by atoms with Crippen LogP contribution in [0.3, 0.4) is 0 Å². The number of nitrogens with zero attached hydrogens (tertiary/aromatic N) is 3. The zero-order chi connectivity index (χ0) is 19.3. The van der Waals surface area contributed by atoms with Crippen LogP contribution in [0.1, 0.15) is 54.4 Å². The van der Waals surface area contributed by atoms with Gasteiger partial charge in [0.25, 0.3) is 5.91 Å². The molecule has 0 saturated carbocycles. The summed E-state index contributed by atoms with van der Waals surface area (Å²) in [5, 5.41) is 9.46. The number of nitrogens with one attached hydrogen (secondary N) is 3. The third kappa shape index (κ3) is 9.51. The third-order valence-electron chi connectivity index (χ3n) is 4.60. The predicted molar refractivity (Wildman–Crippen MR) is 128 cm³/mol. The zero-order valence-corrected chi connectivity index (χ0v) is 20.3. The van der Waals surface area contributed by atoms with Crippen molar-refractivity contribution >= 4 is 47.2 Å². The van der Waals surface area contributed by atoms with E-state index in [1.165, 1.54) is 50.1 Å². The Morgan fingerprint density at radius 2 is 1.89 bits per heavy atom. The highest BCUT2D eigenvalue weighted by Gasteiger charge is 2.11. The van der Waals surface area contributed by atoms with Gasteiger partial charge in [-0.25, -0.2) is 4.98 Å². The number of guanidine groups is 1. The summed E-state index contributed by atoms with van der Waals surface area (Å²) in [5.41, 5.74) is 2.48. The lowest BCUT2D eigenvalue weighted by Gasteiger charge is -2.19. The molecule has 7 nitrogen and oxygen atoms in total. The van der Waals surface area contributed by atoms with Gasteiger partial charge in [0.2, 0.25) is 0 Å². The SMILES string of the molecule is CCNC(=NCCCN1CCCCCC1)NCCNC(=O)c1scnc1C.I. The number of amides is 1. The van der Waals surface area contributed by atoms with Gasteiger partial charge in [-0.2, -0.15) is 0 Å². The van der Waals surface area contributed by atoms with Crippen molar-refractivity contribution in [1.29, 1.82) is 0 Å². The fourth-order valence-electron chi connectivity index (χ4n) is 3.14. The van der Waals surface area contributed by atoms with E-state index in [9.17, 15) is 4.79 Å². The van der Waals surface area contributed by atoms with Gasteiger partial charge in [0.1, 0.15) is 4.88 Å². The quantitative estimate of drug-likeness (QED) is 0.201. The number of hydrogen-bond donors (Lipinski definition) is 3. The van der Waals surface area contributed by atoms with Crippen LogP contribution in [0.25, 0.3) is 0 Å². The Kier molecular flexibility index (Phi) is 13.4. The van der Waals surface area contributed by atoms with Crippen LogP contribution in [-0.4, -0.2) is 67.6 Å². The van der Waals surface area contributed by atoms with Gasteiger partial charge in [0.05, 0.1) is 11.2 Å². The van der Waals surface area contributed by atoms with Crippen molar-refractivity contribution in [2.75, 3.05) is 45.8 Å². The molecule has 160 valence electrons. The lowest BCUT2D eigenvalue weighted by Crippen LogP contribution is -2.41. The Morgan fingerprint density at radius 1 is 1.18 bits per heavy atom. The van der Waals surface area contributed by atoms with Gasteiger partial charge in [-0.3, -0.25) is 9.79 Å². The van der Waals surface area contributed by atoms with Crippen LogP contribution >= 0.6 is 35.3 Å². The number of aliphatic imine (C=N–C) groups is 1. The predicted octanol–water partition coefficient (Wildman–Crippen LogP) is 2.62. The molecule has 1 aliphatic heterocycles. The Balaban J connectivity index is 0.00000392. The summed E-state index contributed by atoms with van der Waals surface area (Å²) < 4.78 is 0. The molecule has 1 aromatic rings. The molecule has 0 bridgehead atoms. The number of halogens is 1. The molecule has 1 aliphatic rings. The van der Waals surface area contributed by atoms with Crippen LogP contribution in [0.2, 0.25) is 0 Å². The molecular weight excluding hydrogens is 487 g/mol. The van der Waals surface area contributed by atoms with Crippen LogP contribution in [0, 0.1) is 6.92 Å². The minimum Gasteiger partial charge on any atom is -0.357 e. The van der Waals surface area contributed by atoms with Crippen LogP contribution in [-0.2, 0) is 0 Å².